The molecule has 0 amide bonds. The topological polar surface area (TPSA) is 63.6 Å². The fourth-order valence-corrected chi connectivity index (χ4v) is 3.60. The monoisotopic (exact) mass is 317 g/mol. The third kappa shape index (κ3) is 3.14. The van der Waals surface area contributed by atoms with Gasteiger partial charge in [0.2, 0.25) is 5.95 Å². The third-order valence-corrected chi connectivity index (χ3v) is 4.65. The van der Waals surface area contributed by atoms with Crippen LogP contribution in [-0.4, -0.2) is 25.9 Å². The highest BCUT2D eigenvalue weighted by Crippen LogP contribution is 2.33. The molecule has 0 saturated heterocycles. The van der Waals surface area contributed by atoms with Gasteiger partial charge in [0.25, 0.3) is 0 Å². The number of benzene rings is 1. The summed E-state index contributed by atoms with van der Waals surface area (Å²) >= 11 is 2.96. The second-order valence-corrected chi connectivity index (χ2v) is 6.32. The fraction of sp³-hybridized carbons (Fsp3) is 0.286. The zero-order valence-corrected chi connectivity index (χ0v) is 13.5. The lowest BCUT2D eigenvalue weighted by Crippen LogP contribution is -2.03. The number of hydrogen-bond acceptors (Lipinski definition) is 7. The molecular weight excluding hydrogens is 302 g/mol. The highest BCUT2D eigenvalue weighted by molar-refractivity contribution is 8.01. The molecule has 3 rings (SSSR count). The van der Waals surface area contributed by atoms with E-state index in [1.165, 1.54) is 11.5 Å². The Balaban J connectivity index is 2.02. The Morgan fingerprint density at radius 1 is 1.14 bits per heavy atom. The molecule has 0 unspecified atom stereocenters. The lowest BCUT2D eigenvalue weighted by Gasteiger charge is -2.07. The summed E-state index contributed by atoms with van der Waals surface area (Å²) in [5.74, 6) is 1.53. The number of fused-ring (bicyclic) bond motifs is 1. The normalized spacial score (nSPS) is 11.0. The summed E-state index contributed by atoms with van der Waals surface area (Å²) in [6.45, 7) is 4.88. The first-order valence-corrected chi connectivity index (χ1v) is 8.40. The van der Waals surface area contributed by atoms with Gasteiger partial charge < -0.3 is 5.32 Å². The van der Waals surface area contributed by atoms with Gasteiger partial charge >= 0.3 is 0 Å². The van der Waals surface area contributed by atoms with Crippen molar-refractivity contribution in [3.63, 3.8) is 0 Å². The van der Waals surface area contributed by atoms with Crippen molar-refractivity contribution in [2.45, 2.75) is 29.6 Å². The third-order valence-electron chi connectivity index (χ3n) is 2.85. The molecular formula is C14H15N5S2. The minimum atomic E-state index is 0.652. The quantitative estimate of drug-likeness (QED) is 0.725. The van der Waals surface area contributed by atoms with E-state index in [0.29, 0.717) is 5.95 Å². The van der Waals surface area contributed by atoms with Crippen LogP contribution in [0.25, 0.3) is 10.9 Å². The Labute approximate surface area is 131 Å². The summed E-state index contributed by atoms with van der Waals surface area (Å²) in [5.41, 5.74) is 0.936. The van der Waals surface area contributed by atoms with Crippen LogP contribution in [0.5, 0.6) is 0 Å². The first-order valence-electron chi connectivity index (χ1n) is 6.81. The fourth-order valence-electron chi connectivity index (χ4n) is 1.87. The van der Waals surface area contributed by atoms with Crippen LogP contribution in [0.2, 0.25) is 0 Å². The van der Waals surface area contributed by atoms with Gasteiger partial charge in [-0.05, 0) is 36.3 Å². The summed E-state index contributed by atoms with van der Waals surface area (Å²) in [5, 5.41) is 5.13. The molecule has 1 aromatic carbocycles. The minimum Gasteiger partial charge on any atom is -0.354 e. The maximum atomic E-state index is 4.60. The molecule has 0 bridgehead atoms. The Hall–Kier alpha value is -1.73. The molecule has 0 fully saturated rings. The first-order chi connectivity index (χ1) is 10.3. The van der Waals surface area contributed by atoms with E-state index in [0.717, 1.165) is 39.1 Å². The average molecular weight is 317 g/mol. The number of aryl methyl sites for hydroxylation is 1. The molecule has 108 valence electrons. The van der Waals surface area contributed by atoms with Gasteiger partial charge in [0.1, 0.15) is 10.9 Å². The Bertz CT molecular complexity index is 756. The summed E-state index contributed by atoms with van der Waals surface area (Å²) < 4.78 is 5.24. The van der Waals surface area contributed by atoms with E-state index in [9.17, 15) is 0 Å². The van der Waals surface area contributed by atoms with Crippen molar-refractivity contribution < 1.29 is 0 Å². The molecule has 2 aromatic heterocycles. The van der Waals surface area contributed by atoms with Gasteiger partial charge in [-0.3, -0.25) is 0 Å². The van der Waals surface area contributed by atoms with E-state index in [-0.39, 0.29) is 0 Å². The van der Waals surface area contributed by atoms with E-state index in [4.69, 9.17) is 0 Å². The van der Waals surface area contributed by atoms with Crippen LogP contribution in [0.4, 0.5) is 5.95 Å². The number of rotatable bonds is 5. The molecule has 2 heterocycles. The van der Waals surface area contributed by atoms with E-state index in [2.05, 4.69) is 31.6 Å². The summed E-state index contributed by atoms with van der Waals surface area (Å²) in [6, 6.07) is 8.02. The van der Waals surface area contributed by atoms with Gasteiger partial charge in [0.05, 0.1) is 5.52 Å². The largest absolute Gasteiger partial charge is 0.354 e. The van der Waals surface area contributed by atoms with Crippen molar-refractivity contribution in [2.24, 2.45) is 0 Å². The van der Waals surface area contributed by atoms with Crippen molar-refractivity contribution in [3.8, 4) is 0 Å². The summed E-state index contributed by atoms with van der Waals surface area (Å²) in [7, 11) is 0. The Morgan fingerprint density at radius 2 is 2.00 bits per heavy atom. The number of para-hydroxylation sites is 1. The molecule has 7 heteroatoms. The SMILES string of the molecule is CCNc1nc(Sc2nc(CC)ns2)c2ccccc2n1. The molecule has 1 N–H and O–H groups in total. The van der Waals surface area contributed by atoms with E-state index in [1.54, 1.807) is 11.8 Å². The predicted molar refractivity (Wildman–Crippen MR) is 87.1 cm³/mol. The Morgan fingerprint density at radius 3 is 2.76 bits per heavy atom. The van der Waals surface area contributed by atoms with Crippen LogP contribution in [0.1, 0.15) is 19.7 Å². The van der Waals surface area contributed by atoms with E-state index >= 15 is 0 Å². The van der Waals surface area contributed by atoms with Gasteiger partial charge in [0, 0.05) is 18.4 Å². The maximum absolute atomic E-state index is 4.60. The van der Waals surface area contributed by atoms with E-state index < -0.39 is 0 Å². The standard InChI is InChI=1S/C14H15N5S2/c1-3-11-17-14(21-19-11)20-12-9-7-5-6-8-10(9)16-13(18-12)15-4-2/h5-8H,3-4H2,1-2H3,(H,15,16,18). The molecule has 5 nitrogen and oxygen atoms in total. The molecule has 0 saturated carbocycles. The van der Waals surface area contributed by atoms with Crippen LogP contribution in [0, 0.1) is 0 Å². The van der Waals surface area contributed by atoms with Gasteiger partial charge in [-0.15, -0.1) is 0 Å². The van der Waals surface area contributed by atoms with Gasteiger partial charge in [-0.25, -0.2) is 15.0 Å². The van der Waals surface area contributed by atoms with Crippen molar-refractivity contribution in [1.29, 1.82) is 0 Å². The Kier molecular flexibility index (Phi) is 4.31. The highest BCUT2D eigenvalue weighted by atomic mass is 32.2. The zero-order chi connectivity index (χ0) is 14.7. The van der Waals surface area contributed by atoms with Gasteiger partial charge in [-0.1, -0.05) is 25.1 Å². The molecule has 0 aliphatic carbocycles. The van der Waals surface area contributed by atoms with Gasteiger partial charge in [0.15, 0.2) is 4.34 Å². The molecule has 0 radical (unpaired) electrons. The summed E-state index contributed by atoms with van der Waals surface area (Å²) in [6.07, 6.45) is 0.851. The van der Waals surface area contributed by atoms with E-state index in [1.807, 2.05) is 31.2 Å². The predicted octanol–water partition coefficient (Wildman–Crippen LogP) is 3.63. The van der Waals surface area contributed by atoms with Crippen LogP contribution >= 0.6 is 23.3 Å². The van der Waals surface area contributed by atoms with Gasteiger partial charge in [-0.2, -0.15) is 4.37 Å². The van der Waals surface area contributed by atoms with Crippen LogP contribution < -0.4 is 5.32 Å². The van der Waals surface area contributed by atoms with Crippen molar-refractivity contribution in [3.05, 3.63) is 30.1 Å². The smallest absolute Gasteiger partial charge is 0.224 e. The number of hydrogen-bond donors (Lipinski definition) is 1. The minimum absolute atomic E-state index is 0.652. The number of nitrogens with zero attached hydrogens (tertiary/aromatic N) is 4. The zero-order valence-electron chi connectivity index (χ0n) is 11.8. The maximum Gasteiger partial charge on any atom is 0.224 e. The van der Waals surface area contributed by atoms with Crippen LogP contribution in [-0.2, 0) is 6.42 Å². The molecule has 3 aromatic rings. The second kappa shape index (κ2) is 6.36. The van der Waals surface area contributed by atoms with Crippen molar-refractivity contribution in [1.82, 2.24) is 19.3 Å². The van der Waals surface area contributed by atoms with Crippen LogP contribution in [0.3, 0.4) is 0 Å². The number of aromatic nitrogens is 4. The number of nitrogens with one attached hydrogen (secondary N) is 1. The second-order valence-electron chi connectivity index (χ2n) is 4.33. The molecule has 0 aliphatic rings. The average Bonchev–Trinajstić information content (AvgIpc) is 2.95. The lowest BCUT2D eigenvalue weighted by atomic mass is 10.2. The number of anilines is 1. The molecule has 0 spiro atoms. The van der Waals surface area contributed by atoms with Crippen LogP contribution in [0.15, 0.2) is 33.6 Å². The molecule has 0 atom stereocenters. The van der Waals surface area contributed by atoms with Crippen molar-refractivity contribution in [2.75, 3.05) is 11.9 Å². The highest BCUT2D eigenvalue weighted by Gasteiger charge is 2.11. The molecule has 0 aliphatic heterocycles. The summed E-state index contributed by atoms with van der Waals surface area (Å²) in [4.78, 5) is 13.6. The van der Waals surface area contributed by atoms with Crippen molar-refractivity contribution >= 4 is 40.1 Å². The molecule has 21 heavy (non-hydrogen) atoms. The lowest BCUT2D eigenvalue weighted by molar-refractivity contribution is 0.970. The first kappa shape index (κ1) is 14.2.